The van der Waals surface area contributed by atoms with Crippen LogP contribution in [0.2, 0.25) is 0 Å². The van der Waals surface area contributed by atoms with Crippen LogP contribution in [0.3, 0.4) is 0 Å². The van der Waals surface area contributed by atoms with Crippen molar-refractivity contribution in [1.82, 2.24) is 25.5 Å². The zero-order valence-corrected chi connectivity index (χ0v) is 15.2. The van der Waals surface area contributed by atoms with Gasteiger partial charge in [-0.25, -0.2) is 9.97 Å². The van der Waals surface area contributed by atoms with Crippen LogP contribution in [0.4, 0.5) is 17.3 Å². The highest BCUT2D eigenvalue weighted by Gasteiger charge is 2.24. The molecule has 1 aliphatic rings. The minimum absolute atomic E-state index is 0.0300. The summed E-state index contributed by atoms with van der Waals surface area (Å²) in [5.41, 5.74) is 0.152. The minimum atomic E-state index is -1.16. The van der Waals surface area contributed by atoms with Crippen LogP contribution in [-0.2, 0) is 10.3 Å². The first kappa shape index (κ1) is 18.9. The van der Waals surface area contributed by atoms with Crippen LogP contribution in [0.1, 0.15) is 25.2 Å². The Hall–Kier alpha value is -2.87. The van der Waals surface area contributed by atoms with E-state index >= 15 is 0 Å². The quantitative estimate of drug-likeness (QED) is 0.568. The second-order valence-corrected chi connectivity index (χ2v) is 6.65. The third kappa shape index (κ3) is 5.07. The number of anilines is 3. The lowest BCUT2D eigenvalue weighted by molar-refractivity contribution is 0.0370. The number of nitrogens with one attached hydrogen (secondary N) is 3. The summed E-state index contributed by atoms with van der Waals surface area (Å²) in [6.45, 7) is 6.15. The summed E-state index contributed by atoms with van der Waals surface area (Å²) in [5.74, 6) is 0.872. The molecule has 1 atom stereocenters. The number of nitrogens with zero attached hydrogens (tertiary/aromatic N) is 5. The monoisotopic (exact) mass is 370 g/mol. The molecule has 2 aromatic heterocycles. The van der Waals surface area contributed by atoms with Gasteiger partial charge in [0.25, 0.3) is 0 Å². The molecular weight excluding hydrogens is 348 g/mol. The zero-order chi connectivity index (χ0) is 19.3. The number of aliphatic hydroxyl groups is 1. The van der Waals surface area contributed by atoms with Crippen LogP contribution >= 0.6 is 0 Å². The van der Waals surface area contributed by atoms with Crippen molar-refractivity contribution >= 4 is 17.3 Å². The SMILES string of the molecule is CC(C)(O)c1nnc(Nc2cnc(C#N)cn2)cc1NC[C@H]1CNCCO1. The van der Waals surface area contributed by atoms with E-state index in [1.165, 1.54) is 12.4 Å². The Labute approximate surface area is 157 Å². The van der Waals surface area contributed by atoms with Gasteiger partial charge >= 0.3 is 0 Å². The smallest absolute Gasteiger partial charge is 0.158 e. The molecule has 3 heterocycles. The summed E-state index contributed by atoms with van der Waals surface area (Å²) >= 11 is 0. The van der Waals surface area contributed by atoms with Gasteiger partial charge < -0.3 is 25.8 Å². The highest BCUT2D eigenvalue weighted by atomic mass is 16.5. The van der Waals surface area contributed by atoms with Crippen LogP contribution in [0, 0.1) is 11.3 Å². The van der Waals surface area contributed by atoms with Crippen LogP contribution in [0.5, 0.6) is 0 Å². The van der Waals surface area contributed by atoms with Gasteiger partial charge in [0.15, 0.2) is 11.5 Å². The van der Waals surface area contributed by atoms with E-state index in [0.717, 1.165) is 13.1 Å². The van der Waals surface area contributed by atoms with E-state index in [9.17, 15) is 5.11 Å². The van der Waals surface area contributed by atoms with Crippen molar-refractivity contribution in [3.63, 3.8) is 0 Å². The Kier molecular flexibility index (Phi) is 5.75. The standard InChI is InChI=1S/C17H22N8O2/c1-17(2,26)16-13(21-9-12-8-19-3-4-27-12)5-14(24-25-16)23-15-10-20-11(6-18)7-22-15/h5,7,10,12,19,26H,3-4,8-9H2,1-2H3,(H2,21,22,23,24)/t12-/m1/s1. The van der Waals surface area contributed by atoms with Gasteiger partial charge in [-0.05, 0) is 13.8 Å². The fourth-order valence-electron chi connectivity index (χ4n) is 2.60. The molecule has 142 valence electrons. The molecule has 10 nitrogen and oxygen atoms in total. The average molecular weight is 370 g/mol. The maximum atomic E-state index is 10.4. The van der Waals surface area contributed by atoms with E-state index in [2.05, 4.69) is 36.1 Å². The molecule has 1 saturated heterocycles. The predicted octanol–water partition coefficient (Wildman–Crippen LogP) is 0.510. The molecule has 1 fully saturated rings. The number of hydrogen-bond donors (Lipinski definition) is 4. The van der Waals surface area contributed by atoms with Gasteiger partial charge in [-0.3, -0.25) is 0 Å². The largest absolute Gasteiger partial charge is 0.384 e. The summed E-state index contributed by atoms with van der Waals surface area (Å²) in [5, 5.41) is 37.0. The van der Waals surface area contributed by atoms with E-state index in [1.54, 1.807) is 19.9 Å². The van der Waals surface area contributed by atoms with Crippen molar-refractivity contribution in [2.45, 2.75) is 25.6 Å². The first-order valence-corrected chi connectivity index (χ1v) is 8.61. The van der Waals surface area contributed by atoms with E-state index < -0.39 is 5.60 Å². The van der Waals surface area contributed by atoms with E-state index in [4.69, 9.17) is 10.00 Å². The normalized spacial score (nSPS) is 17.2. The van der Waals surface area contributed by atoms with Gasteiger partial charge in [-0.15, -0.1) is 10.2 Å². The molecule has 4 N–H and O–H groups in total. The minimum Gasteiger partial charge on any atom is -0.384 e. The van der Waals surface area contributed by atoms with E-state index in [1.807, 2.05) is 6.07 Å². The van der Waals surface area contributed by atoms with Crippen molar-refractivity contribution in [1.29, 1.82) is 5.26 Å². The van der Waals surface area contributed by atoms with E-state index in [-0.39, 0.29) is 11.8 Å². The second kappa shape index (κ2) is 8.22. The molecule has 1 aliphatic heterocycles. The Morgan fingerprint density at radius 3 is 2.81 bits per heavy atom. The number of nitriles is 1. The summed E-state index contributed by atoms with van der Waals surface area (Å²) in [6, 6.07) is 3.66. The molecule has 0 aromatic carbocycles. The van der Waals surface area contributed by atoms with E-state index in [0.29, 0.717) is 36.2 Å². The van der Waals surface area contributed by atoms with Crippen molar-refractivity contribution in [3.05, 3.63) is 29.8 Å². The predicted molar refractivity (Wildman–Crippen MR) is 98.4 cm³/mol. The molecule has 2 aromatic rings. The summed E-state index contributed by atoms with van der Waals surface area (Å²) < 4.78 is 5.69. The lowest BCUT2D eigenvalue weighted by atomic mass is 10.0. The molecule has 0 amide bonds. The van der Waals surface area contributed by atoms with Crippen LogP contribution in [-0.4, -0.2) is 57.6 Å². The Balaban J connectivity index is 1.77. The first-order chi connectivity index (χ1) is 13.0. The molecule has 0 unspecified atom stereocenters. The maximum absolute atomic E-state index is 10.4. The third-order valence-electron chi connectivity index (χ3n) is 3.92. The highest BCUT2D eigenvalue weighted by molar-refractivity contribution is 5.60. The molecule has 0 aliphatic carbocycles. The van der Waals surface area contributed by atoms with Gasteiger partial charge in [0.2, 0.25) is 0 Å². The van der Waals surface area contributed by atoms with Crippen molar-refractivity contribution < 1.29 is 9.84 Å². The molecule has 0 saturated carbocycles. The van der Waals surface area contributed by atoms with Crippen molar-refractivity contribution in [3.8, 4) is 6.07 Å². The number of hydrogen-bond acceptors (Lipinski definition) is 10. The Morgan fingerprint density at radius 2 is 2.19 bits per heavy atom. The van der Waals surface area contributed by atoms with Crippen molar-refractivity contribution in [2.75, 3.05) is 36.9 Å². The number of morpholine rings is 1. The third-order valence-corrected chi connectivity index (χ3v) is 3.92. The summed E-state index contributed by atoms with van der Waals surface area (Å²) in [7, 11) is 0. The maximum Gasteiger partial charge on any atom is 0.158 e. The van der Waals surface area contributed by atoms with Crippen LogP contribution in [0.25, 0.3) is 0 Å². The van der Waals surface area contributed by atoms with Crippen LogP contribution in [0.15, 0.2) is 18.5 Å². The molecule has 27 heavy (non-hydrogen) atoms. The molecule has 0 radical (unpaired) electrons. The molecule has 0 spiro atoms. The van der Waals surface area contributed by atoms with Gasteiger partial charge in [0, 0.05) is 25.7 Å². The lowest BCUT2D eigenvalue weighted by Gasteiger charge is -2.26. The molecular formula is C17H22N8O2. The summed E-state index contributed by atoms with van der Waals surface area (Å²) in [6.07, 6.45) is 2.84. The van der Waals surface area contributed by atoms with Gasteiger partial charge in [-0.1, -0.05) is 0 Å². The lowest BCUT2D eigenvalue weighted by Crippen LogP contribution is -2.42. The first-order valence-electron chi connectivity index (χ1n) is 8.61. The fraction of sp³-hybridized carbons (Fsp3) is 0.471. The molecule has 0 bridgehead atoms. The molecule has 10 heteroatoms. The molecule has 3 rings (SSSR count). The fourth-order valence-corrected chi connectivity index (χ4v) is 2.60. The Bertz CT molecular complexity index is 807. The van der Waals surface area contributed by atoms with Gasteiger partial charge in [0.05, 0.1) is 30.8 Å². The second-order valence-electron chi connectivity index (χ2n) is 6.65. The Morgan fingerprint density at radius 1 is 1.33 bits per heavy atom. The zero-order valence-electron chi connectivity index (χ0n) is 15.2. The van der Waals surface area contributed by atoms with Crippen LogP contribution < -0.4 is 16.0 Å². The number of aromatic nitrogens is 4. The van der Waals surface area contributed by atoms with Gasteiger partial charge in [-0.2, -0.15) is 5.26 Å². The topological polar surface area (TPSA) is 141 Å². The summed E-state index contributed by atoms with van der Waals surface area (Å²) in [4.78, 5) is 8.06. The van der Waals surface area contributed by atoms with Crippen molar-refractivity contribution in [2.24, 2.45) is 0 Å². The van der Waals surface area contributed by atoms with Gasteiger partial charge in [0.1, 0.15) is 23.2 Å². The average Bonchev–Trinajstić information content (AvgIpc) is 2.67. The number of ether oxygens (including phenoxy) is 1. The highest BCUT2D eigenvalue weighted by Crippen LogP contribution is 2.27. The number of rotatable bonds is 6.